The summed E-state index contributed by atoms with van der Waals surface area (Å²) in [4.78, 5) is 0. The summed E-state index contributed by atoms with van der Waals surface area (Å²) in [5.41, 5.74) is 0.502. The van der Waals surface area contributed by atoms with E-state index in [1.165, 1.54) is 24.3 Å². The average molecular weight is 488 g/mol. The van der Waals surface area contributed by atoms with Crippen LogP contribution in [0.5, 0.6) is 5.75 Å². The van der Waals surface area contributed by atoms with Crippen molar-refractivity contribution < 1.29 is 31.1 Å². The Morgan fingerprint density at radius 3 is 2.03 bits per heavy atom. The second-order valence-electron chi connectivity index (χ2n) is 8.31. The second kappa shape index (κ2) is 10.4. The van der Waals surface area contributed by atoms with Crippen LogP contribution in [0.15, 0.2) is 54.6 Å². The molecule has 182 valence electrons. The van der Waals surface area contributed by atoms with Crippen LogP contribution < -0.4 is 4.74 Å². The minimum Gasteiger partial charge on any atom is -0.493 e. The normalized spacial score (nSPS) is 11.3. The zero-order valence-electron chi connectivity index (χ0n) is 18.9. The maximum Gasteiger partial charge on any atom is 0.194 e. The van der Waals surface area contributed by atoms with E-state index in [4.69, 9.17) is 4.74 Å². The van der Waals surface area contributed by atoms with Gasteiger partial charge in [0.05, 0.1) is 12.2 Å². The quantitative estimate of drug-likeness (QED) is 0.138. The second-order valence-corrected chi connectivity index (χ2v) is 8.31. The van der Waals surface area contributed by atoms with E-state index in [1.807, 2.05) is 6.92 Å². The zero-order valence-corrected chi connectivity index (χ0v) is 18.9. The Hall–Kier alpha value is -3.48. The molecule has 1 nitrogen and oxygen atoms in total. The average Bonchev–Trinajstić information content (AvgIpc) is 2.82. The molecule has 0 saturated carbocycles. The van der Waals surface area contributed by atoms with Gasteiger partial charge in [0.15, 0.2) is 17.5 Å². The Kier molecular flexibility index (Phi) is 7.34. The standard InChI is InChI=1S/C28H22F6O/c1-2-3-10-35-20-14-22(29)26(23(30)15-20)19-8-9-21-18(13-19)7-6-17(27(21)33)5-4-16-11-24(31)28(34)25(32)12-16/h6-9,11-15H,2-5,10H2,1H3. The van der Waals surface area contributed by atoms with Crippen LogP contribution in [-0.4, -0.2) is 6.61 Å². The number of rotatable bonds is 8. The molecular weight excluding hydrogens is 466 g/mol. The van der Waals surface area contributed by atoms with E-state index in [2.05, 4.69) is 0 Å². The molecule has 0 aliphatic carbocycles. The highest BCUT2D eigenvalue weighted by Crippen LogP contribution is 2.33. The highest BCUT2D eigenvalue weighted by atomic mass is 19.2. The molecule has 0 aromatic heterocycles. The molecule has 4 rings (SSSR count). The molecule has 0 heterocycles. The first-order valence-electron chi connectivity index (χ1n) is 11.2. The molecule has 0 aliphatic heterocycles. The van der Waals surface area contributed by atoms with Crippen molar-refractivity contribution in [3.05, 3.63) is 101 Å². The minimum absolute atomic E-state index is 0.0950. The van der Waals surface area contributed by atoms with Gasteiger partial charge >= 0.3 is 0 Å². The summed E-state index contributed by atoms with van der Waals surface area (Å²) in [6.07, 6.45) is 1.87. The van der Waals surface area contributed by atoms with Gasteiger partial charge in [0, 0.05) is 17.5 Å². The number of aryl methyl sites for hydroxylation is 2. The monoisotopic (exact) mass is 488 g/mol. The highest BCUT2D eigenvalue weighted by Gasteiger charge is 2.17. The van der Waals surface area contributed by atoms with Crippen molar-refractivity contribution in [1.29, 1.82) is 0 Å². The van der Waals surface area contributed by atoms with E-state index in [-0.39, 0.29) is 40.7 Å². The van der Waals surface area contributed by atoms with Gasteiger partial charge in [-0.2, -0.15) is 0 Å². The Balaban J connectivity index is 1.59. The van der Waals surface area contributed by atoms with Crippen LogP contribution in [0.2, 0.25) is 0 Å². The maximum absolute atomic E-state index is 15.1. The van der Waals surface area contributed by atoms with Crippen molar-refractivity contribution >= 4 is 10.8 Å². The van der Waals surface area contributed by atoms with E-state index in [9.17, 15) is 22.0 Å². The molecule has 4 aromatic rings. The van der Waals surface area contributed by atoms with Crippen molar-refractivity contribution in [2.24, 2.45) is 0 Å². The Bertz CT molecular complexity index is 1340. The van der Waals surface area contributed by atoms with Crippen LogP contribution in [-0.2, 0) is 12.8 Å². The van der Waals surface area contributed by atoms with Crippen LogP contribution in [0.25, 0.3) is 21.9 Å². The number of halogens is 6. The van der Waals surface area contributed by atoms with Crippen LogP contribution >= 0.6 is 0 Å². The fourth-order valence-electron chi connectivity index (χ4n) is 3.96. The number of hydrogen-bond acceptors (Lipinski definition) is 1. The van der Waals surface area contributed by atoms with Crippen molar-refractivity contribution in [1.82, 2.24) is 0 Å². The van der Waals surface area contributed by atoms with Crippen molar-refractivity contribution in [3.63, 3.8) is 0 Å². The van der Waals surface area contributed by atoms with Crippen LogP contribution in [0.1, 0.15) is 30.9 Å². The summed E-state index contributed by atoms with van der Waals surface area (Å²) in [5.74, 6) is -6.16. The summed E-state index contributed by atoms with van der Waals surface area (Å²) in [7, 11) is 0. The van der Waals surface area contributed by atoms with Crippen LogP contribution in [0.4, 0.5) is 26.3 Å². The lowest BCUT2D eigenvalue weighted by atomic mass is 9.96. The van der Waals surface area contributed by atoms with E-state index in [0.29, 0.717) is 17.6 Å². The van der Waals surface area contributed by atoms with Crippen LogP contribution in [0, 0.1) is 34.9 Å². The van der Waals surface area contributed by atoms with E-state index < -0.39 is 34.9 Å². The third kappa shape index (κ3) is 5.29. The molecular formula is C28H22F6O. The topological polar surface area (TPSA) is 9.23 Å². The fourth-order valence-corrected chi connectivity index (χ4v) is 3.96. The molecule has 0 bridgehead atoms. The summed E-state index contributed by atoms with van der Waals surface area (Å²) in [6.45, 7) is 2.34. The fraction of sp³-hybridized carbons (Fsp3) is 0.214. The molecule has 0 N–H and O–H groups in total. The van der Waals surface area contributed by atoms with Crippen molar-refractivity contribution in [3.8, 4) is 16.9 Å². The maximum atomic E-state index is 15.1. The molecule has 0 spiro atoms. The molecule has 0 aliphatic rings. The lowest BCUT2D eigenvalue weighted by Crippen LogP contribution is -2.00. The first-order chi connectivity index (χ1) is 16.8. The Labute approximate surface area is 199 Å². The molecule has 35 heavy (non-hydrogen) atoms. The van der Waals surface area contributed by atoms with Gasteiger partial charge in [0.25, 0.3) is 0 Å². The van der Waals surface area contributed by atoms with E-state index >= 15 is 4.39 Å². The van der Waals surface area contributed by atoms with Gasteiger partial charge in [-0.15, -0.1) is 0 Å². The number of ether oxygens (including phenoxy) is 1. The molecule has 0 radical (unpaired) electrons. The van der Waals surface area contributed by atoms with Gasteiger partial charge in [0.2, 0.25) is 0 Å². The molecule has 0 unspecified atom stereocenters. The highest BCUT2D eigenvalue weighted by molar-refractivity contribution is 5.88. The molecule has 0 amide bonds. The Morgan fingerprint density at radius 2 is 1.37 bits per heavy atom. The Morgan fingerprint density at radius 1 is 0.686 bits per heavy atom. The van der Waals surface area contributed by atoms with Gasteiger partial charge in [-0.1, -0.05) is 37.6 Å². The van der Waals surface area contributed by atoms with Gasteiger partial charge in [-0.3, -0.25) is 0 Å². The number of unbranched alkanes of at least 4 members (excludes halogenated alkanes) is 1. The van der Waals surface area contributed by atoms with Crippen molar-refractivity contribution in [2.45, 2.75) is 32.6 Å². The summed E-state index contributed by atoms with van der Waals surface area (Å²) < 4.78 is 89.9. The first kappa shape index (κ1) is 24.6. The van der Waals surface area contributed by atoms with Crippen LogP contribution in [0.3, 0.4) is 0 Å². The first-order valence-corrected chi connectivity index (χ1v) is 11.2. The third-order valence-electron chi connectivity index (χ3n) is 5.83. The molecule has 0 atom stereocenters. The summed E-state index contributed by atoms with van der Waals surface area (Å²) in [5, 5.41) is 0.674. The summed E-state index contributed by atoms with van der Waals surface area (Å²) >= 11 is 0. The third-order valence-corrected chi connectivity index (χ3v) is 5.83. The zero-order chi connectivity index (χ0) is 25.1. The molecule has 0 saturated heterocycles. The smallest absolute Gasteiger partial charge is 0.194 e. The van der Waals surface area contributed by atoms with E-state index in [0.717, 1.165) is 37.1 Å². The predicted octanol–water partition coefficient (Wildman–Crippen LogP) is 8.31. The molecule has 4 aromatic carbocycles. The van der Waals surface area contributed by atoms with Gasteiger partial charge in [-0.25, -0.2) is 26.3 Å². The lowest BCUT2D eigenvalue weighted by molar-refractivity contribution is 0.306. The molecule has 0 fully saturated rings. The summed E-state index contributed by atoms with van der Waals surface area (Å²) in [6, 6.07) is 11.5. The number of benzene rings is 4. The van der Waals surface area contributed by atoms with Gasteiger partial charge < -0.3 is 4.74 Å². The van der Waals surface area contributed by atoms with Gasteiger partial charge in [-0.05, 0) is 59.5 Å². The largest absolute Gasteiger partial charge is 0.493 e. The van der Waals surface area contributed by atoms with Crippen molar-refractivity contribution in [2.75, 3.05) is 6.61 Å². The number of fused-ring (bicyclic) bond motifs is 1. The molecule has 7 heteroatoms. The minimum atomic E-state index is -1.55. The number of hydrogen-bond donors (Lipinski definition) is 0. The lowest BCUT2D eigenvalue weighted by Gasteiger charge is -2.12. The van der Waals surface area contributed by atoms with Gasteiger partial charge in [0.1, 0.15) is 23.2 Å². The predicted molar refractivity (Wildman–Crippen MR) is 123 cm³/mol. The van der Waals surface area contributed by atoms with E-state index in [1.54, 1.807) is 6.07 Å². The SMILES string of the molecule is CCCCOc1cc(F)c(-c2ccc3c(F)c(CCc4cc(F)c(F)c(F)c4)ccc3c2)c(F)c1.